The summed E-state index contributed by atoms with van der Waals surface area (Å²) >= 11 is 0. The summed E-state index contributed by atoms with van der Waals surface area (Å²) in [5.74, 6) is 3.79. The molecule has 1 aromatic heterocycles. The maximum Gasteiger partial charge on any atom is 0.221 e. The first kappa shape index (κ1) is 16.1. The van der Waals surface area contributed by atoms with Crippen LogP contribution in [-0.2, 0) is 0 Å². The standard InChI is InChI=1S/C17H29N3O/c1-5-7-12(3)11-21-17-13(4)15(18-10-6-2)19-16(20-17)14-8-9-14/h12,14H,5-11H2,1-4H3,(H,18,19,20). The fourth-order valence-electron chi connectivity index (χ4n) is 2.39. The normalized spacial score (nSPS) is 15.8. The van der Waals surface area contributed by atoms with Crippen LogP contribution in [0, 0.1) is 12.8 Å². The Morgan fingerprint density at radius 3 is 2.62 bits per heavy atom. The van der Waals surface area contributed by atoms with Gasteiger partial charge in [0.1, 0.15) is 11.6 Å². The van der Waals surface area contributed by atoms with Crippen LogP contribution in [-0.4, -0.2) is 23.1 Å². The molecule has 1 saturated carbocycles. The van der Waals surface area contributed by atoms with Crippen molar-refractivity contribution in [2.24, 2.45) is 5.92 Å². The molecular weight excluding hydrogens is 262 g/mol. The van der Waals surface area contributed by atoms with Gasteiger partial charge in [0, 0.05) is 12.5 Å². The number of ether oxygens (including phenoxy) is 1. The van der Waals surface area contributed by atoms with Crippen molar-refractivity contribution < 1.29 is 4.74 Å². The smallest absolute Gasteiger partial charge is 0.221 e. The molecule has 0 spiro atoms. The van der Waals surface area contributed by atoms with Crippen LogP contribution in [0.2, 0.25) is 0 Å². The Bertz CT molecular complexity index is 458. The lowest BCUT2D eigenvalue weighted by molar-refractivity contribution is 0.240. The van der Waals surface area contributed by atoms with E-state index in [9.17, 15) is 0 Å². The lowest BCUT2D eigenvalue weighted by Crippen LogP contribution is -2.13. The van der Waals surface area contributed by atoms with E-state index in [1.807, 2.05) is 0 Å². The summed E-state index contributed by atoms with van der Waals surface area (Å²) < 4.78 is 6.00. The van der Waals surface area contributed by atoms with Crippen LogP contribution in [0.3, 0.4) is 0 Å². The van der Waals surface area contributed by atoms with E-state index in [0.29, 0.717) is 11.8 Å². The van der Waals surface area contributed by atoms with Crippen molar-refractivity contribution in [1.29, 1.82) is 0 Å². The Morgan fingerprint density at radius 2 is 2.00 bits per heavy atom. The molecule has 0 radical (unpaired) electrons. The molecule has 1 unspecified atom stereocenters. The van der Waals surface area contributed by atoms with Crippen molar-refractivity contribution in [2.45, 2.75) is 65.7 Å². The molecule has 2 rings (SSSR count). The first-order valence-electron chi connectivity index (χ1n) is 8.40. The van der Waals surface area contributed by atoms with E-state index in [0.717, 1.165) is 42.7 Å². The molecule has 1 N–H and O–H groups in total. The van der Waals surface area contributed by atoms with Gasteiger partial charge in [0.2, 0.25) is 5.88 Å². The third-order valence-electron chi connectivity index (χ3n) is 3.89. The Labute approximate surface area is 128 Å². The van der Waals surface area contributed by atoms with Gasteiger partial charge in [0.05, 0.1) is 12.2 Å². The molecule has 4 heteroatoms. The molecule has 0 amide bonds. The van der Waals surface area contributed by atoms with Gasteiger partial charge >= 0.3 is 0 Å². The molecule has 21 heavy (non-hydrogen) atoms. The monoisotopic (exact) mass is 291 g/mol. The number of anilines is 1. The SMILES string of the molecule is CCCNc1nc(C2CC2)nc(OCC(C)CCC)c1C. The van der Waals surface area contributed by atoms with Gasteiger partial charge < -0.3 is 10.1 Å². The molecule has 0 aromatic carbocycles. The van der Waals surface area contributed by atoms with Crippen molar-refractivity contribution in [1.82, 2.24) is 9.97 Å². The molecule has 0 saturated heterocycles. The first-order chi connectivity index (χ1) is 10.2. The zero-order chi connectivity index (χ0) is 15.2. The molecule has 1 aliphatic rings. The van der Waals surface area contributed by atoms with Gasteiger partial charge in [-0.15, -0.1) is 0 Å². The number of nitrogens with zero attached hydrogens (tertiary/aromatic N) is 2. The fraction of sp³-hybridized carbons (Fsp3) is 0.765. The highest BCUT2D eigenvalue weighted by atomic mass is 16.5. The zero-order valence-electron chi connectivity index (χ0n) is 13.9. The van der Waals surface area contributed by atoms with Crippen LogP contribution in [0.25, 0.3) is 0 Å². The van der Waals surface area contributed by atoms with Crippen LogP contribution < -0.4 is 10.1 Å². The molecule has 1 heterocycles. The minimum absolute atomic E-state index is 0.545. The molecule has 1 atom stereocenters. The highest BCUT2D eigenvalue weighted by molar-refractivity contribution is 5.49. The highest BCUT2D eigenvalue weighted by Gasteiger charge is 2.28. The third-order valence-corrected chi connectivity index (χ3v) is 3.89. The molecule has 0 aliphatic heterocycles. The van der Waals surface area contributed by atoms with Crippen molar-refractivity contribution in [3.63, 3.8) is 0 Å². The second-order valence-corrected chi connectivity index (χ2v) is 6.27. The van der Waals surface area contributed by atoms with E-state index in [2.05, 4.69) is 38.0 Å². The first-order valence-corrected chi connectivity index (χ1v) is 8.40. The van der Waals surface area contributed by atoms with Crippen molar-refractivity contribution >= 4 is 5.82 Å². The molecule has 118 valence electrons. The summed E-state index contributed by atoms with van der Waals surface area (Å²) in [6.45, 7) is 10.3. The largest absolute Gasteiger partial charge is 0.477 e. The predicted octanol–water partition coefficient (Wildman–Crippen LogP) is 4.30. The van der Waals surface area contributed by atoms with Gasteiger partial charge in [0.25, 0.3) is 0 Å². The van der Waals surface area contributed by atoms with Crippen molar-refractivity contribution in [3.8, 4) is 5.88 Å². The van der Waals surface area contributed by atoms with Gasteiger partial charge in [-0.05, 0) is 38.5 Å². The molecule has 1 aliphatic carbocycles. The average Bonchev–Trinajstić information content (AvgIpc) is 3.30. The van der Waals surface area contributed by atoms with Gasteiger partial charge in [-0.1, -0.05) is 27.2 Å². The predicted molar refractivity (Wildman–Crippen MR) is 87.1 cm³/mol. The van der Waals surface area contributed by atoms with Gasteiger partial charge in [-0.25, -0.2) is 4.98 Å². The van der Waals surface area contributed by atoms with E-state index >= 15 is 0 Å². The van der Waals surface area contributed by atoms with Crippen LogP contribution >= 0.6 is 0 Å². The van der Waals surface area contributed by atoms with E-state index in [1.54, 1.807) is 0 Å². The summed E-state index contributed by atoms with van der Waals surface area (Å²) in [6, 6.07) is 0. The number of aromatic nitrogens is 2. The van der Waals surface area contributed by atoms with E-state index in [1.165, 1.54) is 25.7 Å². The fourth-order valence-corrected chi connectivity index (χ4v) is 2.39. The van der Waals surface area contributed by atoms with Crippen LogP contribution in [0.1, 0.15) is 70.2 Å². The van der Waals surface area contributed by atoms with E-state index in [-0.39, 0.29) is 0 Å². The Morgan fingerprint density at radius 1 is 1.24 bits per heavy atom. The summed E-state index contributed by atoms with van der Waals surface area (Å²) in [4.78, 5) is 9.36. The summed E-state index contributed by atoms with van der Waals surface area (Å²) in [6.07, 6.45) is 5.90. The van der Waals surface area contributed by atoms with Crippen molar-refractivity contribution in [2.75, 3.05) is 18.5 Å². The second kappa shape index (κ2) is 7.62. The molecule has 1 fully saturated rings. The Balaban J connectivity index is 2.11. The highest BCUT2D eigenvalue weighted by Crippen LogP contribution is 2.40. The van der Waals surface area contributed by atoms with Crippen LogP contribution in [0.4, 0.5) is 5.82 Å². The number of hydrogen-bond acceptors (Lipinski definition) is 4. The Hall–Kier alpha value is -1.32. The lowest BCUT2D eigenvalue weighted by atomic mass is 10.1. The quantitative estimate of drug-likeness (QED) is 0.737. The van der Waals surface area contributed by atoms with Gasteiger partial charge in [0.15, 0.2) is 0 Å². The van der Waals surface area contributed by atoms with E-state index < -0.39 is 0 Å². The topological polar surface area (TPSA) is 47.0 Å². The summed E-state index contributed by atoms with van der Waals surface area (Å²) in [7, 11) is 0. The van der Waals surface area contributed by atoms with Crippen LogP contribution in [0.15, 0.2) is 0 Å². The molecular formula is C17H29N3O. The minimum Gasteiger partial charge on any atom is -0.477 e. The maximum absolute atomic E-state index is 6.00. The minimum atomic E-state index is 0.545. The summed E-state index contributed by atoms with van der Waals surface area (Å²) in [5.41, 5.74) is 1.04. The van der Waals surface area contributed by atoms with Crippen molar-refractivity contribution in [3.05, 3.63) is 11.4 Å². The van der Waals surface area contributed by atoms with Gasteiger partial charge in [-0.3, -0.25) is 0 Å². The zero-order valence-corrected chi connectivity index (χ0v) is 13.9. The third kappa shape index (κ3) is 4.58. The van der Waals surface area contributed by atoms with E-state index in [4.69, 9.17) is 9.72 Å². The second-order valence-electron chi connectivity index (χ2n) is 6.27. The van der Waals surface area contributed by atoms with Gasteiger partial charge in [-0.2, -0.15) is 4.98 Å². The summed E-state index contributed by atoms with van der Waals surface area (Å²) in [5, 5.41) is 3.41. The Kier molecular flexibility index (Phi) is 5.83. The number of rotatable bonds is 9. The average molecular weight is 291 g/mol. The molecule has 4 nitrogen and oxygen atoms in total. The maximum atomic E-state index is 6.00. The number of hydrogen-bond donors (Lipinski definition) is 1. The molecule has 1 aromatic rings. The van der Waals surface area contributed by atoms with Crippen LogP contribution in [0.5, 0.6) is 5.88 Å². The lowest BCUT2D eigenvalue weighted by Gasteiger charge is -2.16. The number of nitrogens with one attached hydrogen (secondary N) is 1. The molecule has 0 bridgehead atoms.